The zero-order valence-electron chi connectivity index (χ0n) is 23.0. The molecule has 0 unspecified atom stereocenters. The molecule has 0 radical (unpaired) electrons. The number of amides is 1. The number of piperidine rings is 1. The molecule has 4 bridgehead atoms. The van der Waals surface area contributed by atoms with Crippen LogP contribution in [0.4, 0.5) is 18.9 Å². The Morgan fingerprint density at radius 1 is 1.12 bits per heavy atom. The number of likely N-dealkylation sites (tertiary alicyclic amines) is 1. The molecule has 1 amide bonds. The number of carbonyl (C=O) groups excluding carboxylic acids is 1. The summed E-state index contributed by atoms with van der Waals surface area (Å²) in [6.07, 6.45) is 0.403. The maximum absolute atomic E-state index is 13.6. The van der Waals surface area contributed by atoms with Crippen LogP contribution in [0.15, 0.2) is 36.7 Å². The number of aromatic nitrogens is 3. The molecule has 2 N–H and O–H groups in total. The maximum Gasteiger partial charge on any atom is 0.406 e. The van der Waals surface area contributed by atoms with Crippen LogP contribution in [0, 0.1) is 17.8 Å². The topological polar surface area (TPSA) is 85.6 Å². The predicted molar refractivity (Wildman–Crippen MR) is 149 cm³/mol. The van der Waals surface area contributed by atoms with Crippen LogP contribution >= 0.6 is 0 Å². The van der Waals surface area contributed by atoms with E-state index in [4.69, 9.17) is 9.47 Å². The molecule has 2 aliphatic heterocycles. The Kier molecular flexibility index (Phi) is 9.17. The van der Waals surface area contributed by atoms with E-state index < -0.39 is 12.7 Å². The Hall–Kier alpha value is -3.53. The first-order valence-electron chi connectivity index (χ1n) is 13.9. The van der Waals surface area contributed by atoms with E-state index in [2.05, 4.69) is 39.5 Å². The summed E-state index contributed by atoms with van der Waals surface area (Å²) in [5, 5.41) is 11.2. The Balaban J connectivity index is 1.44. The minimum absolute atomic E-state index is 0.0248. The number of halogens is 3. The molecule has 0 aliphatic carbocycles. The van der Waals surface area contributed by atoms with E-state index in [1.807, 2.05) is 6.07 Å². The van der Waals surface area contributed by atoms with Gasteiger partial charge in [0, 0.05) is 36.5 Å². The second-order valence-electron chi connectivity index (χ2n) is 10.5. The van der Waals surface area contributed by atoms with Crippen LogP contribution in [-0.2, 0) is 22.6 Å². The van der Waals surface area contributed by atoms with Crippen LogP contribution in [0.5, 0.6) is 0 Å². The first-order chi connectivity index (χ1) is 19.8. The molecule has 12 heteroatoms. The summed E-state index contributed by atoms with van der Waals surface area (Å²) < 4.78 is 55.2. The van der Waals surface area contributed by atoms with Gasteiger partial charge < -0.3 is 29.6 Å². The lowest BCUT2D eigenvalue weighted by atomic mass is 9.89. The number of benzene rings is 1. The first kappa shape index (κ1) is 29.0. The predicted octanol–water partition coefficient (Wildman–Crippen LogP) is 3.35. The third-order valence-electron chi connectivity index (χ3n) is 7.48. The van der Waals surface area contributed by atoms with E-state index in [1.165, 1.54) is 10.8 Å². The van der Waals surface area contributed by atoms with Gasteiger partial charge in [0.1, 0.15) is 6.54 Å². The Morgan fingerprint density at radius 2 is 1.95 bits per heavy atom. The standard InChI is InChI=1S/C29H35F3N6O3/c1-36-10-7-25-21(18-36)8-12-40-14-15-41-13-11-37-19-22(17-34-37)28(39)33-9-3-4-23-16-24-26(35-25)5-2-6-27(24)38(23)20-29(30,31)32/h2,5-6,16-17,19,21,25,35H,7-15,18,20H2,1H3,(H,33,39)/t21-,25-/m1/s1. The number of nitrogens with one attached hydrogen (secondary N) is 2. The van der Waals surface area contributed by atoms with Crippen LogP contribution in [-0.4, -0.2) is 90.5 Å². The largest absolute Gasteiger partial charge is 0.406 e. The summed E-state index contributed by atoms with van der Waals surface area (Å²) in [5.41, 5.74) is 1.84. The number of alkyl halides is 3. The van der Waals surface area contributed by atoms with E-state index in [1.54, 1.807) is 29.1 Å². The summed E-state index contributed by atoms with van der Waals surface area (Å²) in [6.45, 7) is 3.08. The van der Waals surface area contributed by atoms with Gasteiger partial charge in [-0.15, -0.1) is 0 Å². The van der Waals surface area contributed by atoms with Gasteiger partial charge in [0.15, 0.2) is 0 Å². The molecule has 1 aromatic carbocycles. The van der Waals surface area contributed by atoms with Gasteiger partial charge >= 0.3 is 6.18 Å². The van der Waals surface area contributed by atoms with Gasteiger partial charge in [-0.1, -0.05) is 12.0 Å². The Labute approximate surface area is 236 Å². The van der Waals surface area contributed by atoms with Crippen LogP contribution in [0.1, 0.15) is 28.9 Å². The van der Waals surface area contributed by atoms with Gasteiger partial charge in [0.25, 0.3) is 5.91 Å². The lowest BCUT2D eigenvalue weighted by Crippen LogP contribution is -2.45. The van der Waals surface area contributed by atoms with Gasteiger partial charge in [0.05, 0.1) is 55.9 Å². The van der Waals surface area contributed by atoms with Crippen molar-refractivity contribution >= 4 is 22.5 Å². The van der Waals surface area contributed by atoms with E-state index in [0.717, 1.165) is 31.6 Å². The van der Waals surface area contributed by atoms with Gasteiger partial charge in [-0.25, -0.2) is 0 Å². The average Bonchev–Trinajstić information content (AvgIpc) is 3.54. The molecular weight excluding hydrogens is 537 g/mol. The monoisotopic (exact) mass is 572 g/mol. The van der Waals surface area contributed by atoms with Crippen LogP contribution in [0.2, 0.25) is 0 Å². The van der Waals surface area contributed by atoms with E-state index in [9.17, 15) is 18.0 Å². The summed E-state index contributed by atoms with van der Waals surface area (Å²) in [6, 6.07) is 7.20. The van der Waals surface area contributed by atoms with Gasteiger partial charge in [-0.3, -0.25) is 9.48 Å². The average molecular weight is 573 g/mol. The molecule has 2 aliphatic rings. The van der Waals surface area contributed by atoms with E-state index in [-0.39, 0.29) is 24.2 Å². The fourth-order valence-corrected chi connectivity index (χ4v) is 5.44. The SMILES string of the molecule is CN1CC[C@H]2Nc3cccc4c3cc(n4CC(F)(F)F)C#CCNC(=O)c3cnn(c3)CCOCCOCC[C@@H]2C1. The number of rotatable bonds is 1. The quantitative estimate of drug-likeness (QED) is 0.436. The molecule has 5 rings (SSSR count). The number of carbonyl (C=O) groups is 1. The highest BCUT2D eigenvalue weighted by Crippen LogP contribution is 2.32. The number of fused-ring (bicyclic) bond motifs is 4. The van der Waals surface area contributed by atoms with Crippen molar-refractivity contribution in [1.29, 1.82) is 0 Å². The van der Waals surface area contributed by atoms with Crippen molar-refractivity contribution in [3.63, 3.8) is 0 Å². The third kappa shape index (κ3) is 7.61. The van der Waals surface area contributed by atoms with Crippen molar-refractivity contribution in [3.05, 3.63) is 47.9 Å². The van der Waals surface area contributed by atoms with Crippen molar-refractivity contribution in [3.8, 4) is 11.8 Å². The molecule has 1 saturated heterocycles. The molecule has 2 atom stereocenters. The number of nitrogens with zero attached hydrogens (tertiary/aromatic N) is 4. The second kappa shape index (κ2) is 13.0. The van der Waals surface area contributed by atoms with E-state index in [0.29, 0.717) is 55.4 Å². The second-order valence-corrected chi connectivity index (χ2v) is 10.5. The molecule has 0 spiro atoms. The normalized spacial score (nSPS) is 21.9. The highest BCUT2D eigenvalue weighted by Gasteiger charge is 2.31. The van der Waals surface area contributed by atoms with Crippen LogP contribution in [0.25, 0.3) is 10.9 Å². The molecule has 4 heterocycles. The van der Waals surface area contributed by atoms with Crippen molar-refractivity contribution in [2.45, 2.75) is 38.1 Å². The van der Waals surface area contributed by atoms with Gasteiger partial charge in [-0.05, 0) is 56.5 Å². The lowest BCUT2D eigenvalue weighted by Gasteiger charge is -2.38. The summed E-state index contributed by atoms with van der Waals surface area (Å²) >= 11 is 0. The molecule has 2 aromatic heterocycles. The number of hydrogen-bond acceptors (Lipinski definition) is 6. The number of ether oxygens (including phenoxy) is 2. The van der Waals surface area contributed by atoms with Gasteiger partial charge in [0.2, 0.25) is 0 Å². The van der Waals surface area contributed by atoms with Gasteiger partial charge in [-0.2, -0.15) is 18.3 Å². The lowest BCUT2D eigenvalue weighted by molar-refractivity contribution is -0.140. The summed E-state index contributed by atoms with van der Waals surface area (Å²) in [5.74, 6) is 5.61. The minimum Gasteiger partial charge on any atom is -0.381 e. The highest BCUT2D eigenvalue weighted by atomic mass is 19.4. The number of anilines is 1. The molecule has 220 valence electrons. The Bertz CT molecular complexity index is 1410. The van der Waals surface area contributed by atoms with Crippen LogP contribution < -0.4 is 10.6 Å². The van der Waals surface area contributed by atoms with Crippen molar-refractivity contribution in [2.24, 2.45) is 5.92 Å². The molecular formula is C29H35F3N6O3. The Morgan fingerprint density at radius 3 is 2.78 bits per heavy atom. The molecule has 0 saturated carbocycles. The van der Waals surface area contributed by atoms with Crippen molar-refractivity contribution < 1.29 is 27.4 Å². The summed E-state index contributed by atoms with van der Waals surface area (Å²) in [4.78, 5) is 14.8. The molecule has 1 fully saturated rings. The van der Waals surface area contributed by atoms with Crippen molar-refractivity contribution in [2.75, 3.05) is 58.4 Å². The molecule has 9 nitrogen and oxygen atoms in total. The molecule has 3 aromatic rings. The third-order valence-corrected chi connectivity index (χ3v) is 7.48. The summed E-state index contributed by atoms with van der Waals surface area (Å²) in [7, 11) is 2.10. The smallest absolute Gasteiger partial charge is 0.381 e. The highest BCUT2D eigenvalue weighted by molar-refractivity contribution is 5.94. The fraction of sp³-hybridized carbons (Fsp3) is 0.517. The van der Waals surface area contributed by atoms with Crippen molar-refractivity contribution in [1.82, 2.24) is 24.6 Å². The van der Waals surface area contributed by atoms with E-state index >= 15 is 0 Å². The van der Waals surface area contributed by atoms with Crippen LogP contribution in [0.3, 0.4) is 0 Å². The number of hydrogen-bond donors (Lipinski definition) is 2. The fourth-order valence-electron chi connectivity index (χ4n) is 5.44. The zero-order chi connectivity index (χ0) is 28.8. The first-order valence-corrected chi connectivity index (χ1v) is 13.9. The minimum atomic E-state index is -4.42. The molecule has 41 heavy (non-hydrogen) atoms. The maximum atomic E-state index is 13.6. The zero-order valence-corrected chi connectivity index (χ0v) is 23.0.